The summed E-state index contributed by atoms with van der Waals surface area (Å²) in [7, 11) is 2.13. The molecule has 1 aliphatic rings. The predicted octanol–water partition coefficient (Wildman–Crippen LogP) is 2.56. The number of fused-ring (bicyclic) bond motifs is 1. The van der Waals surface area contributed by atoms with E-state index in [9.17, 15) is 8.78 Å². The highest BCUT2D eigenvalue weighted by Crippen LogP contribution is 2.26. The number of piperazine rings is 1. The molecule has 0 bridgehead atoms. The highest BCUT2D eigenvalue weighted by Gasteiger charge is 2.19. The van der Waals surface area contributed by atoms with Crippen molar-refractivity contribution in [3.8, 4) is 0 Å². The quantitative estimate of drug-likeness (QED) is 0.938. The molecule has 0 radical (unpaired) electrons. The first-order valence-electron chi connectivity index (χ1n) is 7.95. The van der Waals surface area contributed by atoms with Crippen molar-refractivity contribution in [1.29, 1.82) is 0 Å². The molecule has 6 heteroatoms. The van der Waals surface area contributed by atoms with Crippen LogP contribution in [0.5, 0.6) is 0 Å². The number of hydrogen-bond donors (Lipinski definition) is 1. The molecule has 1 unspecified atom stereocenters. The number of benzene rings is 1. The van der Waals surface area contributed by atoms with E-state index in [1.54, 1.807) is 6.07 Å². The number of anilines is 1. The molecule has 2 aromatic rings. The van der Waals surface area contributed by atoms with Crippen LogP contribution < -0.4 is 5.32 Å². The molecule has 23 heavy (non-hydrogen) atoms. The zero-order valence-corrected chi connectivity index (χ0v) is 13.5. The van der Waals surface area contributed by atoms with Crippen molar-refractivity contribution in [2.75, 3.05) is 45.1 Å². The van der Waals surface area contributed by atoms with Crippen LogP contribution in [0, 0.1) is 11.6 Å². The molecule has 2 heterocycles. The molecule has 0 amide bonds. The van der Waals surface area contributed by atoms with E-state index in [1.807, 2.05) is 0 Å². The van der Waals surface area contributed by atoms with E-state index >= 15 is 0 Å². The van der Waals surface area contributed by atoms with Crippen molar-refractivity contribution in [2.24, 2.45) is 0 Å². The van der Waals surface area contributed by atoms with Crippen molar-refractivity contribution in [3.05, 3.63) is 36.0 Å². The molecule has 0 saturated carbocycles. The van der Waals surface area contributed by atoms with Gasteiger partial charge < -0.3 is 10.2 Å². The molecule has 3 rings (SSSR count). The second-order valence-electron chi connectivity index (χ2n) is 6.18. The molecule has 1 aromatic carbocycles. The van der Waals surface area contributed by atoms with Gasteiger partial charge in [-0.2, -0.15) is 0 Å². The van der Waals surface area contributed by atoms with Gasteiger partial charge in [0.05, 0.1) is 5.39 Å². The van der Waals surface area contributed by atoms with Gasteiger partial charge in [0.1, 0.15) is 17.2 Å². The molecule has 4 nitrogen and oxygen atoms in total. The van der Waals surface area contributed by atoms with Gasteiger partial charge in [0.2, 0.25) is 0 Å². The van der Waals surface area contributed by atoms with Crippen LogP contribution in [0.15, 0.2) is 24.4 Å². The SMILES string of the molecule is CC(CNc1ccnc2c(F)ccc(F)c12)N1CCN(C)CC1. The third-order valence-electron chi connectivity index (χ3n) is 4.54. The summed E-state index contributed by atoms with van der Waals surface area (Å²) in [5.41, 5.74) is 0.662. The Labute approximate surface area is 135 Å². The fourth-order valence-electron chi connectivity index (χ4n) is 2.99. The van der Waals surface area contributed by atoms with E-state index in [0.29, 0.717) is 18.3 Å². The molecule has 1 aliphatic heterocycles. The van der Waals surface area contributed by atoms with Gasteiger partial charge in [0, 0.05) is 50.6 Å². The van der Waals surface area contributed by atoms with Crippen molar-refractivity contribution >= 4 is 16.6 Å². The highest BCUT2D eigenvalue weighted by molar-refractivity contribution is 5.91. The van der Waals surface area contributed by atoms with Gasteiger partial charge >= 0.3 is 0 Å². The Kier molecular flexibility index (Phi) is 4.73. The van der Waals surface area contributed by atoms with Gasteiger partial charge in [-0.3, -0.25) is 9.88 Å². The average molecular weight is 320 g/mol. The minimum atomic E-state index is -0.503. The Balaban J connectivity index is 1.73. The van der Waals surface area contributed by atoms with E-state index in [4.69, 9.17) is 0 Å². The van der Waals surface area contributed by atoms with E-state index in [-0.39, 0.29) is 10.9 Å². The van der Waals surface area contributed by atoms with Crippen LogP contribution in [0.2, 0.25) is 0 Å². The van der Waals surface area contributed by atoms with Crippen LogP contribution in [0.1, 0.15) is 6.92 Å². The molecular formula is C17H22F2N4. The van der Waals surface area contributed by atoms with Gasteiger partial charge in [-0.1, -0.05) is 0 Å². The summed E-state index contributed by atoms with van der Waals surface area (Å²) in [5.74, 6) is -0.957. The number of hydrogen-bond acceptors (Lipinski definition) is 4. The van der Waals surface area contributed by atoms with Gasteiger partial charge in [0.25, 0.3) is 0 Å². The van der Waals surface area contributed by atoms with Crippen molar-refractivity contribution in [2.45, 2.75) is 13.0 Å². The molecule has 0 aliphatic carbocycles. The summed E-state index contributed by atoms with van der Waals surface area (Å²) in [4.78, 5) is 8.68. The summed E-state index contributed by atoms with van der Waals surface area (Å²) in [6.45, 7) is 7.00. The van der Waals surface area contributed by atoms with Crippen LogP contribution >= 0.6 is 0 Å². The maximum absolute atomic E-state index is 14.1. The largest absolute Gasteiger partial charge is 0.383 e. The number of likely N-dealkylation sites (N-methyl/N-ethyl adjacent to an activating group) is 1. The van der Waals surface area contributed by atoms with Gasteiger partial charge in [0.15, 0.2) is 0 Å². The first kappa shape index (κ1) is 16.1. The van der Waals surface area contributed by atoms with E-state index in [0.717, 1.165) is 38.3 Å². The van der Waals surface area contributed by atoms with Crippen molar-refractivity contribution in [3.63, 3.8) is 0 Å². The third-order valence-corrected chi connectivity index (χ3v) is 4.54. The number of halogens is 2. The maximum Gasteiger partial charge on any atom is 0.149 e. The predicted molar refractivity (Wildman–Crippen MR) is 88.7 cm³/mol. The van der Waals surface area contributed by atoms with E-state index in [1.165, 1.54) is 6.20 Å². The Morgan fingerprint density at radius 2 is 1.83 bits per heavy atom. The molecule has 124 valence electrons. The number of nitrogens with zero attached hydrogens (tertiary/aromatic N) is 3. The van der Waals surface area contributed by atoms with Crippen LogP contribution in [0.4, 0.5) is 14.5 Å². The van der Waals surface area contributed by atoms with Gasteiger partial charge in [-0.25, -0.2) is 8.78 Å². The molecular weight excluding hydrogens is 298 g/mol. The third kappa shape index (κ3) is 3.43. The molecule has 1 atom stereocenters. The average Bonchev–Trinajstić information content (AvgIpc) is 2.56. The van der Waals surface area contributed by atoms with Gasteiger partial charge in [-0.05, 0) is 32.2 Å². The van der Waals surface area contributed by atoms with Crippen molar-refractivity contribution in [1.82, 2.24) is 14.8 Å². The lowest BCUT2D eigenvalue weighted by Crippen LogP contribution is -2.49. The Bertz CT molecular complexity index is 684. The normalized spacial score (nSPS) is 18.3. The topological polar surface area (TPSA) is 31.4 Å². The zero-order valence-electron chi connectivity index (χ0n) is 13.5. The fraction of sp³-hybridized carbons (Fsp3) is 0.471. The summed E-state index contributed by atoms with van der Waals surface area (Å²) in [6, 6.07) is 4.28. The summed E-state index contributed by atoms with van der Waals surface area (Å²) in [6.07, 6.45) is 1.51. The lowest BCUT2D eigenvalue weighted by molar-refractivity contribution is 0.123. The minimum absolute atomic E-state index is 0.0715. The second-order valence-corrected chi connectivity index (χ2v) is 6.18. The van der Waals surface area contributed by atoms with Crippen LogP contribution in [-0.2, 0) is 0 Å². The van der Waals surface area contributed by atoms with Crippen LogP contribution in [0.3, 0.4) is 0 Å². The molecule has 1 N–H and O–H groups in total. The number of nitrogens with one attached hydrogen (secondary N) is 1. The van der Waals surface area contributed by atoms with Crippen LogP contribution in [-0.4, -0.2) is 60.6 Å². The number of pyridine rings is 1. The Morgan fingerprint density at radius 3 is 2.57 bits per heavy atom. The molecule has 0 spiro atoms. The zero-order chi connectivity index (χ0) is 16.4. The second kappa shape index (κ2) is 6.76. The standard InChI is InChI=1S/C17H22F2N4/c1-12(23-9-7-22(2)8-10-23)11-21-15-5-6-20-17-14(19)4-3-13(18)16(15)17/h3-6,12H,7-11H2,1-2H3,(H,20,21). The Morgan fingerprint density at radius 1 is 1.13 bits per heavy atom. The molecule has 1 fully saturated rings. The summed E-state index contributed by atoms with van der Waals surface area (Å²) < 4.78 is 27.9. The summed E-state index contributed by atoms with van der Waals surface area (Å²) >= 11 is 0. The fourth-order valence-corrected chi connectivity index (χ4v) is 2.99. The first-order valence-corrected chi connectivity index (χ1v) is 7.95. The summed E-state index contributed by atoms with van der Waals surface area (Å²) in [5, 5.41) is 3.48. The molecule has 1 aromatic heterocycles. The van der Waals surface area contributed by atoms with Crippen LogP contribution in [0.25, 0.3) is 10.9 Å². The van der Waals surface area contributed by atoms with Crippen molar-refractivity contribution < 1.29 is 8.78 Å². The first-order chi connectivity index (χ1) is 11.1. The lowest BCUT2D eigenvalue weighted by atomic mass is 10.1. The van der Waals surface area contributed by atoms with E-state index < -0.39 is 11.6 Å². The Hall–Kier alpha value is -1.79. The minimum Gasteiger partial charge on any atom is -0.383 e. The monoisotopic (exact) mass is 320 g/mol. The highest BCUT2D eigenvalue weighted by atomic mass is 19.1. The lowest BCUT2D eigenvalue weighted by Gasteiger charge is -2.36. The number of aromatic nitrogens is 1. The maximum atomic E-state index is 14.1. The van der Waals surface area contributed by atoms with Gasteiger partial charge in [-0.15, -0.1) is 0 Å². The molecule has 1 saturated heterocycles. The number of rotatable bonds is 4. The smallest absolute Gasteiger partial charge is 0.149 e. The van der Waals surface area contributed by atoms with E-state index in [2.05, 4.69) is 34.1 Å².